The Bertz CT molecular complexity index is 349. The van der Waals surface area contributed by atoms with E-state index in [2.05, 4.69) is 61.3 Å². The van der Waals surface area contributed by atoms with E-state index in [0.717, 1.165) is 25.6 Å². The fourth-order valence-electron chi connectivity index (χ4n) is 2.93. The molecule has 0 aromatic heterocycles. The minimum atomic E-state index is 0.492. The number of hydrogen-bond acceptors (Lipinski definition) is 2. The second-order valence-electron chi connectivity index (χ2n) is 5.41. The third kappa shape index (κ3) is 2.93. The Balaban J connectivity index is 2.05. The van der Waals surface area contributed by atoms with Crippen LogP contribution in [0.4, 0.5) is 0 Å². The second kappa shape index (κ2) is 6.35. The van der Waals surface area contributed by atoms with Gasteiger partial charge in [-0.1, -0.05) is 57.5 Å². The number of benzene rings is 1. The molecular formula is C16H26N2. The molecule has 0 aliphatic carbocycles. The number of nitrogens with one attached hydrogen (secondary N) is 1. The molecule has 1 aromatic rings. The molecule has 0 spiro atoms. The standard InChI is InChI=1S/C16H26N2/c1-4-13(3)16-11-17-15(12-18(16)5-2)14-9-7-6-8-10-14/h6-10,13,15-17H,4-5,11-12H2,1-3H3. The lowest BCUT2D eigenvalue weighted by Crippen LogP contribution is -2.54. The third-order valence-electron chi connectivity index (χ3n) is 4.37. The van der Waals surface area contributed by atoms with Gasteiger partial charge in [0, 0.05) is 25.2 Å². The summed E-state index contributed by atoms with van der Waals surface area (Å²) in [4.78, 5) is 2.64. The topological polar surface area (TPSA) is 15.3 Å². The molecule has 100 valence electrons. The van der Waals surface area contributed by atoms with Crippen molar-refractivity contribution in [2.24, 2.45) is 5.92 Å². The maximum Gasteiger partial charge on any atom is 0.0449 e. The molecule has 1 fully saturated rings. The smallest absolute Gasteiger partial charge is 0.0449 e. The quantitative estimate of drug-likeness (QED) is 0.878. The van der Waals surface area contributed by atoms with Gasteiger partial charge >= 0.3 is 0 Å². The third-order valence-corrected chi connectivity index (χ3v) is 4.37. The average Bonchev–Trinajstić information content (AvgIpc) is 2.46. The highest BCUT2D eigenvalue weighted by Gasteiger charge is 2.30. The van der Waals surface area contributed by atoms with Crippen LogP contribution in [0.3, 0.4) is 0 Å². The summed E-state index contributed by atoms with van der Waals surface area (Å²) >= 11 is 0. The van der Waals surface area contributed by atoms with E-state index in [1.54, 1.807) is 0 Å². The van der Waals surface area contributed by atoms with Gasteiger partial charge in [-0.05, 0) is 18.0 Å². The fourth-order valence-corrected chi connectivity index (χ4v) is 2.93. The maximum atomic E-state index is 3.72. The molecule has 3 atom stereocenters. The molecule has 0 bridgehead atoms. The molecule has 2 heteroatoms. The van der Waals surface area contributed by atoms with Crippen LogP contribution in [-0.2, 0) is 0 Å². The Hall–Kier alpha value is -0.860. The van der Waals surface area contributed by atoms with Crippen LogP contribution in [0.15, 0.2) is 30.3 Å². The summed E-state index contributed by atoms with van der Waals surface area (Å²) in [5, 5.41) is 3.72. The van der Waals surface area contributed by atoms with E-state index in [0.29, 0.717) is 12.1 Å². The van der Waals surface area contributed by atoms with Crippen molar-refractivity contribution >= 4 is 0 Å². The summed E-state index contributed by atoms with van der Waals surface area (Å²) in [7, 11) is 0. The first-order valence-corrected chi connectivity index (χ1v) is 7.28. The second-order valence-corrected chi connectivity index (χ2v) is 5.41. The van der Waals surface area contributed by atoms with E-state index in [-0.39, 0.29) is 0 Å². The van der Waals surface area contributed by atoms with Crippen LogP contribution in [0, 0.1) is 5.92 Å². The molecule has 0 saturated carbocycles. The van der Waals surface area contributed by atoms with Crippen molar-refractivity contribution in [2.75, 3.05) is 19.6 Å². The first-order valence-electron chi connectivity index (χ1n) is 7.28. The highest BCUT2D eigenvalue weighted by atomic mass is 15.2. The Labute approximate surface area is 111 Å². The van der Waals surface area contributed by atoms with Gasteiger partial charge in [0.15, 0.2) is 0 Å². The lowest BCUT2D eigenvalue weighted by Gasteiger charge is -2.42. The van der Waals surface area contributed by atoms with Crippen LogP contribution in [0.1, 0.15) is 38.8 Å². The first kappa shape index (κ1) is 13.6. The van der Waals surface area contributed by atoms with E-state index in [1.807, 2.05) is 0 Å². The van der Waals surface area contributed by atoms with Crippen LogP contribution in [0.2, 0.25) is 0 Å². The van der Waals surface area contributed by atoms with Gasteiger partial charge < -0.3 is 5.32 Å². The Morgan fingerprint density at radius 3 is 2.61 bits per heavy atom. The zero-order valence-corrected chi connectivity index (χ0v) is 11.9. The molecule has 0 radical (unpaired) electrons. The predicted octanol–water partition coefficient (Wildman–Crippen LogP) is 3.07. The summed E-state index contributed by atoms with van der Waals surface area (Å²) in [6.07, 6.45) is 1.26. The van der Waals surface area contributed by atoms with E-state index in [9.17, 15) is 0 Å². The van der Waals surface area contributed by atoms with E-state index >= 15 is 0 Å². The van der Waals surface area contributed by atoms with Gasteiger partial charge in [0.25, 0.3) is 0 Å². The van der Waals surface area contributed by atoms with Crippen molar-refractivity contribution in [2.45, 2.75) is 39.3 Å². The first-order chi connectivity index (χ1) is 8.76. The monoisotopic (exact) mass is 246 g/mol. The minimum Gasteiger partial charge on any atom is -0.307 e. The van der Waals surface area contributed by atoms with Crippen LogP contribution >= 0.6 is 0 Å². The van der Waals surface area contributed by atoms with Crippen LogP contribution in [-0.4, -0.2) is 30.6 Å². The Kier molecular flexibility index (Phi) is 4.79. The molecular weight excluding hydrogens is 220 g/mol. The summed E-state index contributed by atoms with van der Waals surface area (Å²) < 4.78 is 0. The highest BCUT2D eigenvalue weighted by molar-refractivity contribution is 5.20. The summed E-state index contributed by atoms with van der Waals surface area (Å²) in [6.45, 7) is 10.3. The van der Waals surface area contributed by atoms with Crippen LogP contribution < -0.4 is 5.32 Å². The zero-order chi connectivity index (χ0) is 13.0. The number of nitrogens with zero attached hydrogens (tertiary/aromatic N) is 1. The number of rotatable bonds is 4. The molecule has 1 aliphatic rings. The van der Waals surface area contributed by atoms with Crippen molar-refractivity contribution < 1.29 is 0 Å². The van der Waals surface area contributed by atoms with Crippen molar-refractivity contribution in [3.8, 4) is 0 Å². The number of likely N-dealkylation sites (N-methyl/N-ethyl adjacent to an activating group) is 1. The number of piperazine rings is 1. The molecule has 1 saturated heterocycles. The van der Waals surface area contributed by atoms with Gasteiger partial charge in [0.1, 0.15) is 0 Å². The van der Waals surface area contributed by atoms with Gasteiger partial charge in [0.2, 0.25) is 0 Å². The van der Waals surface area contributed by atoms with Gasteiger partial charge in [-0.25, -0.2) is 0 Å². The molecule has 3 unspecified atom stereocenters. The van der Waals surface area contributed by atoms with E-state index in [4.69, 9.17) is 0 Å². The lowest BCUT2D eigenvalue weighted by molar-refractivity contribution is 0.0972. The van der Waals surface area contributed by atoms with Crippen molar-refractivity contribution in [1.82, 2.24) is 10.2 Å². The fraction of sp³-hybridized carbons (Fsp3) is 0.625. The van der Waals surface area contributed by atoms with E-state index in [1.165, 1.54) is 12.0 Å². The Morgan fingerprint density at radius 1 is 1.28 bits per heavy atom. The minimum absolute atomic E-state index is 0.492. The molecule has 1 heterocycles. The number of hydrogen-bond donors (Lipinski definition) is 1. The van der Waals surface area contributed by atoms with Gasteiger partial charge in [-0.2, -0.15) is 0 Å². The summed E-state index contributed by atoms with van der Waals surface area (Å²) in [5.74, 6) is 0.772. The van der Waals surface area contributed by atoms with Gasteiger partial charge in [-0.3, -0.25) is 4.90 Å². The normalized spacial score (nSPS) is 27.1. The largest absolute Gasteiger partial charge is 0.307 e. The van der Waals surface area contributed by atoms with Crippen molar-refractivity contribution in [3.63, 3.8) is 0 Å². The SMILES string of the molecule is CCC(C)C1CNC(c2ccccc2)CN1CC. The molecule has 2 nitrogen and oxygen atoms in total. The molecule has 18 heavy (non-hydrogen) atoms. The molecule has 1 N–H and O–H groups in total. The zero-order valence-electron chi connectivity index (χ0n) is 11.9. The van der Waals surface area contributed by atoms with E-state index < -0.39 is 0 Å². The predicted molar refractivity (Wildman–Crippen MR) is 77.7 cm³/mol. The Morgan fingerprint density at radius 2 is 2.00 bits per heavy atom. The molecule has 2 rings (SSSR count). The van der Waals surface area contributed by atoms with Crippen LogP contribution in [0.25, 0.3) is 0 Å². The summed E-state index contributed by atoms with van der Waals surface area (Å²) in [6, 6.07) is 12.0. The highest BCUT2D eigenvalue weighted by Crippen LogP contribution is 2.24. The molecule has 0 amide bonds. The van der Waals surface area contributed by atoms with Gasteiger partial charge in [0.05, 0.1) is 0 Å². The van der Waals surface area contributed by atoms with Crippen molar-refractivity contribution in [3.05, 3.63) is 35.9 Å². The van der Waals surface area contributed by atoms with Crippen molar-refractivity contribution in [1.29, 1.82) is 0 Å². The van der Waals surface area contributed by atoms with Gasteiger partial charge in [-0.15, -0.1) is 0 Å². The lowest BCUT2D eigenvalue weighted by atomic mass is 9.93. The molecule has 1 aromatic carbocycles. The van der Waals surface area contributed by atoms with Crippen LogP contribution in [0.5, 0.6) is 0 Å². The maximum absolute atomic E-state index is 3.72. The molecule has 1 aliphatic heterocycles. The average molecular weight is 246 g/mol. The summed E-state index contributed by atoms with van der Waals surface area (Å²) in [5.41, 5.74) is 1.42.